The Labute approximate surface area is 184 Å². The fourth-order valence-electron chi connectivity index (χ4n) is 4.01. The largest absolute Gasteiger partial charge is 0.364 e. The molecule has 0 radical (unpaired) electrons. The molecule has 2 aromatic heterocycles. The zero-order chi connectivity index (χ0) is 23.2. The van der Waals surface area contributed by atoms with Crippen LogP contribution < -0.4 is 16.2 Å². The second kappa shape index (κ2) is 8.30. The van der Waals surface area contributed by atoms with Crippen molar-refractivity contribution in [2.24, 2.45) is 5.73 Å². The van der Waals surface area contributed by atoms with Gasteiger partial charge in [-0.15, -0.1) is 0 Å². The normalized spacial score (nSPS) is 14.5. The van der Waals surface area contributed by atoms with Gasteiger partial charge in [0.05, 0.1) is 17.9 Å². The fourth-order valence-corrected chi connectivity index (χ4v) is 4.22. The first-order chi connectivity index (χ1) is 15.2. The molecular formula is C20H18ClF3N6O2. The molecule has 3 N–H and O–H groups in total. The average Bonchev–Trinajstić information content (AvgIpc) is 3.14. The molecule has 1 amide bonds. The molecule has 1 aliphatic heterocycles. The van der Waals surface area contributed by atoms with Crippen molar-refractivity contribution in [3.05, 3.63) is 73.7 Å². The summed E-state index contributed by atoms with van der Waals surface area (Å²) < 4.78 is 42.1. The number of aromatic amines is 1. The number of aromatic nitrogens is 4. The van der Waals surface area contributed by atoms with Crippen molar-refractivity contribution in [3.63, 3.8) is 0 Å². The Morgan fingerprint density at radius 1 is 1.31 bits per heavy atom. The third-order valence-electron chi connectivity index (χ3n) is 5.54. The van der Waals surface area contributed by atoms with Gasteiger partial charge in [-0.1, -0.05) is 17.7 Å². The van der Waals surface area contributed by atoms with Crippen LogP contribution in [0.15, 0.2) is 29.2 Å². The van der Waals surface area contributed by atoms with E-state index in [-0.39, 0.29) is 22.8 Å². The van der Waals surface area contributed by atoms with Gasteiger partial charge < -0.3 is 10.6 Å². The molecule has 32 heavy (non-hydrogen) atoms. The van der Waals surface area contributed by atoms with Crippen LogP contribution in [0.4, 0.5) is 18.9 Å². The third kappa shape index (κ3) is 3.72. The zero-order valence-electron chi connectivity index (χ0n) is 16.8. The van der Waals surface area contributed by atoms with E-state index in [2.05, 4.69) is 15.3 Å². The molecule has 1 atom stereocenters. The molecule has 0 saturated carbocycles. The second-order valence-electron chi connectivity index (χ2n) is 7.40. The highest BCUT2D eigenvalue weighted by atomic mass is 35.5. The summed E-state index contributed by atoms with van der Waals surface area (Å²) >= 11 is 6.11. The SMILES string of the molecule is C[C@H](c1ccc(F)cc1C(F)F)n1nc(C(N)=O)c2c1CCN(c1cn[nH]c(=O)c1Cl)C2. The maximum absolute atomic E-state index is 13.6. The first-order valence-electron chi connectivity index (χ1n) is 9.64. The number of alkyl halides is 2. The number of hydrogen-bond acceptors (Lipinski definition) is 5. The lowest BCUT2D eigenvalue weighted by molar-refractivity contribution is 0.0993. The van der Waals surface area contributed by atoms with E-state index in [0.717, 1.165) is 12.1 Å². The summed E-state index contributed by atoms with van der Waals surface area (Å²) in [6.07, 6.45) is -1.11. The Morgan fingerprint density at radius 2 is 2.06 bits per heavy atom. The first-order valence-corrected chi connectivity index (χ1v) is 10.0. The average molecular weight is 467 g/mol. The van der Waals surface area contributed by atoms with Crippen LogP contribution >= 0.6 is 11.6 Å². The van der Waals surface area contributed by atoms with Crippen LogP contribution in [0, 0.1) is 5.82 Å². The molecule has 0 unspecified atom stereocenters. The van der Waals surface area contributed by atoms with Crippen LogP contribution in [0.1, 0.15) is 52.3 Å². The van der Waals surface area contributed by atoms with E-state index in [4.69, 9.17) is 17.3 Å². The summed E-state index contributed by atoms with van der Waals surface area (Å²) in [5, 5.41) is 10.3. The molecule has 12 heteroatoms. The highest BCUT2D eigenvalue weighted by molar-refractivity contribution is 6.33. The van der Waals surface area contributed by atoms with Crippen molar-refractivity contribution in [1.82, 2.24) is 20.0 Å². The summed E-state index contributed by atoms with van der Waals surface area (Å²) in [4.78, 5) is 25.7. The number of hydrogen-bond donors (Lipinski definition) is 2. The number of nitrogens with zero attached hydrogens (tertiary/aromatic N) is 4. The van der Waals surface area contributed by atoms with Crippen LogP contribution in [-0.4, -0.2) is 32.4 Å². The van der Waals surface area contributed by atoms with E-state index in [1.165, 1.54) is 16.9 Å². The second-order valence-corrected chi connectivity index (χ2v) is 7.78. The van der Waals surface area contributed by atoms with E-state index in [9.17, 15) is 22.8 Å². The molecule has 4 rings (SSSR count). The molecule has 8 nitrogen and oxygen atoms in total. The molecule has 3 aromatic rings. The van der Waals surface area contributed by atoms with Crippen LogP contribution in [0.5, 0.6) is 0 Å². The van der Waals surface area contributed by atoms with Crippen molar-refractivity contribution in [3.8, 4) is 0 Å². The summed E-state index contributed by atoms with van der Waals surface area (Å²) in [5.74, 6) is -1.55. The topological polar surface area (TPSA) is 110 Å². The standard InChI is InChI=1S/C20H18ClF3N6O2/c1-9(11-3-2-10(22)6-12(11)18(23)24)30-14-4-5-29(8-13(14)17(28-30)19(25)31)15-7-26-27-20(32)16(15)21/h2-3,6-7,9,18H,4-5,8H2,1H3,(H2,25,31)(H,27,32)/t9-/m1/s1. The minimum atomic E-state index is -2.88. The minimum Gasteiger partial charge on any atom is -0.364 e. The summed E-state index contributed by atoms with van der Waals surface area (Å²) in [6, 6.07) is 2.48. The third-order valence-corrected chi connectivity index (χ3v) is 5.90. The predicted molar refractivity (Wildman–Crippen MR) is 111 cm³/mol. The Kier molecular flexibility index (Phi) is 5.68. The first kappa shape index (κ1) is 21.9. The van der Waals surface area contributed by atoms with Crippen molar-refractivity contribution >= 4 is 23.2 Å². The molecule has 0 aliphatic carbocycles. The Hall–Kier alpha value is -3.34. The van der Waals surface area contributed by atoms with Crippen LogP contribution in [0.25, 0.3) is 0 Å². The molecular weight excluding hydrogens is 449 g/mol. The molecule has 0 saturated heterocycles. The van der Waals surface area contributed by atoms with Crippen molar-refractivity contribution < 1.29 is 18.0 Å². The van der Waals surface area contributed by atoms with E-state index in [0.29, 0.717) is 29.9 Å². The molecule has 0 bridgehead atoms. The Balaban J connectivity index is 1.78. The van der Waals surface area contributed by atoms with Gasteiger partial charge in [-0.2, -0.15) is 10.2 Å². The number of carbonyl (C=O) groups is 1. The maximum Gasteiger partial charge on any atom is 0.285 e. The fraction of sp³-hybridized carbons (Fsp3) is 0.300. The lowest BCUT2D eigenvalue weighted by atomic mass is 9.99. The van der Waals surface area contributed by atoms with E-state index < -0.39 is 35.3 Å². The Morgan fingerprint density at radius 3 is 2.75 bits per heavy atom. The van der Waals surface area contributed by atoms with E-state index in [1.807, 2.05) is 0 Å². The lowest BCUT2D eigenvalue weighted by Crippen LogP contribution is -2.33. The van der Waals surface area contributed by atoms with E-state index in [1.54, 1.807) is 11.8 Å². The van der Waals surface area contributed by atoms with Gasteiger partial charge in [-0.05, 0) is 24.6 Å². The number of amides is 1. The number of benzene rings is 1. The van der Waals surface area contributed by atoms with E-state index >= 15 is 0 Å². The van der Waals surface area contributed by atoms with Crippen molar-refractivity contribution in [2.75, 3.05) is 11.4 Å². The number of carbonyl (C=O) groups excluding carboxylic acids is 1. The van der Waals surface area contributed by atoms with Gasteiger partial charge in [0.2, 0.25) is 0 Å². The lowest BCUT2D eigenvalue weighted by Gasteiger charge is -2.30. The molecule has 0 spiro atoms. The van der Waals surface area contributed by atoms with Crippen LogP contribution in [0.2, 0.25) is 5.02 Å². The van der Waals surface area contributed by atoms with Crippen molar-refractivity contribution in [1.29, 1.82) is 0 Å². The van der Waals surface area contributed by atoms with Crippen LogP contribution in [-0.2, 0) is 13.0 Å². The monoisotopic (exact) mass is 466 g/mol. The summed E-state index contributed by atoms with van der Waals surface area (Å²) in [7, 11) is 0. The number of fused-ring (bicyclic) bond motifs is 1. The Bertz CT molecular complexity index is 1260. The molecule has 168 valence electrons. The van der Waals surface area contributed by atoms with Gasteiger partial charge in [0, 0.05) is 36.3 Å². The zero-order valence-corrected chi connectivity index (χ0v) is 17.5. The summed E-state index contributed by atoms with van der Waals surface area (Å²) in [5.41, 5.74) is 6.25. The van der Waals surface area contributed by atoms with Gasteiger partial charge in [-0.25, -0.2) is 18.3 Å². The number of primary amides is 1. The smallest absolute Gasteiger partial charge is 0.285 e. The van der Waals surface area contributed by atoms with Crippen molar-refractivity contribution in [2.45, 2.75) is 32.4 Å². The molecule has 3 heterocycles. The quantitative estimate of drug-likeness (QED) is 0.600. The minimum absolute atomic E-state index is 0.00817. The van der Waals surface area contributed by atoms with Gasteiger partial charge >= 0.3 is 0 Å². The van der Waals surface area contributed by atoms with Gasteiger partial charge in [0.25, 0.3) is 17.9 Å². The maximum atomic E-state index is 13.6. The highest BCUT2D eigenvalue weighted by Crippen LogP contribution is 2.34. The number of halogens is 4. The number of nitrogens with two attached hydrogens (primary N) is 1. The van der Waals surface area contributed by atoms with Gasteiger partial charge in [-0.3, -0.25) is 14.3 Å². The summed E-state index contributed by atoms with van der Waals surface area (Å²) in [6.45, 7) is 2.21. The predicted octanol–water partition coefficient (Wildman–Crippen LogP) is 2.97. The van der Waals surface area contributed by atoms with Gasteiger partial charge in [0.1, 0.15) is 10.8 Å². The molecule has 1 aliphatic rings. The molecule has 1 aromatic carbocycles. The van der Waals surface area contributed by atoms with Gasteiger partial charge in [0.15, 0.2) is 5.69 Å². The number of anilines is 1. The van der Waals surface area contributed by atoms with Crippen LogP contribution in [0.3, 0.4) is 0 Å². The number of H-pyrrole nitrogens is 1. The highest BCUT2D eigenvalue weighted by Gasteiger charge is 2.31. The number of nitrogens with one attached hydrogen (secondary N) is 1. The number of rotatable bonds is 5. The molecule has 0 fully saturated rings.